The van der Waals surface area contributed by atoms with Gasteiger partial charge in [-0.3, -0.25) is 9.59 Å². The average molecular weight is 381 g/mol. The lowest BCUT2D eigenvalue weighted by Gasteiger charge is -2.22. The molecular weight excluding hydrogens is 350 g/mol. The predicted molar refractivity (Wildman–Crippen MR) is 102 cm³/mol. The van der Waals surface area contributed by atoms with E-state index >= 15 is 0 Å². The van der Waals surface area contributed by atoms with Crippen LogP contribution in [-0.2, 0) is 25.7 Å². The minimum Gasteiger partial charge on any atom is -0.481 e. The summed E-state index contributed by atoms with van der Waals surface area (Å²) in [6.07, 6.45) is -0.860. The normalized spacial score (nSPS) is 11.4. The summed E-state index contributed by atoms with van der Waals surface area (Å²) >= 11 is 0. The van der Waals surface area contributed by atoms with E-state index in [2.05, 4.69) is 5.32 Å². The number of carboxylic acid groups (broad SMARTS) is 1. The molecule has 0 aliphatic rings. The molecule has 0 aromatic heterocycles. The number of aliphatic carboxylic acids is 1. The second-order valence-electron chi connectivity index (χ2n) is 6.63. The van der Waals surface area contributed by atoms with Crippen LogP contribution in [0.25, 0.3) is 0 Å². The minimum atomic E-state index is -1.07. The van der Waals surface area contributed by atoms with Gasteiger partial charge >= 0.3 is 18.0 Å². The lowest BCUT2D eigenvalue weighted by Crippen LogP contribution is -2.40. The van der Waals surface area contributed by atoms with E-state index in [4.69, 9.17) is 14.6 Å². The summed E-state index contributed by atoms with van der Waals surface area (Å²) in [5.74, 6) is -1.52. The number of ether oxygens (including phenoxy) is 2. The van der Waals surface area contributed by atoms with Crippen LogP contribution >= 0.6 is 0 Å². The van der Waals surface area contributed by atoms with Crippen molar-refractivity contribution >= 4 is 18.0 Å². The van der Waals surface area contributed by atoms with E-state index in [1.54, 1.807) is 20.8 Å². The molecule has 0 radical (unpaired) electrons. The van der Waals surface area contributed by atoms with Crippen LogP contribution in [0, 0.1) is 0 Å². The minimum absolute atomic E-state index is 0.000574. The smallest absolute Gasteiger partial charge is 0.407 e. The highest BCUT2D eigenvalue weighted by Crippen LogP contribution is 2.10. The summed E-state index contributed by atoms with van der Waals surface area (Å²) in [6.45, 7) is 9.28. The van der Waals surface area contributed by atoms with Gasteiger partial charge in [0.05, 0.1) is 6.42 Å². The summed E-state index contributed by atoms with van der Waals surface area (Å²) in [7, 11) is 0. The lowest BCUT2D eigenvalue weighted by atomic mass is 10.1. The zero-order chi connectivity index (χ0) is 20.9. The van der Waals surface area contributed by atoms with Crippen LogP contribution in [0.5, 0.6) is 0 Å². The molecule has 0 bridgehead atoms. The van der Waals surface area contributed by atoms with Gasteiger partial charge in [-0.2, -0.15) is 0 Å². The van der Waals surface area contributed by atoms with Crippen molar-refractivity contribution in [2.24, 2.45) is 0 Å². The van der Waals surface area contributed by atoms with E-state index in [0.717, 1.165) is 5.56 Å². The Hall–Kier alpha value is -2.57. The Bertz CT molecular complexity index is 580. The Balaban J connectivity index is 0.00000326. The van der Waals surface area contributed by atoms with Crippen molar-refractivity contribution in [3.05, 3.63) is 35.9 Å². The molecule has 1 unspecified atom stereocenters. The fraction of sp³-hybridized carbons (Fsp3) is 0.550. The topological polar surface area (TPSA) is 102 Å². The van der Waals surface area contributed by atoms with E-state index in [1.165, 1.54) is 0 Å². The van der Waals surface area contributed by atoms with Crippen LogP contribution < -0.4 is 5.32 Å². The molecular formula is C20H31NO6. The standard InChI is InChI=1S/C18H25NO6.C2H6/c1-18(2,3)25-17(23)19-14(11-15(20)21)9-10-16(22)24-12-13-7-5-4-6-8-13;1-2/h4-8,14H,9-12H2,1-3H3,(H,19,23)(H,20,21);1-2H3. The van der Waals surface area contributed by atoms with Crippen molar-refractivity contribution in [2.45, 2.75) is 72.1 Å². The van der Waals surface area contributed by atoms with Gasteiger partial charge in [-0.15, -0.1) is 0 Å². The number of carbonyl (C=O) groups excluding carboxylic acids is 2. The number of nitrogens with one attached hydrogen (secondary N) is 1. The predicted octanol–water partition coefficient (Wildman–Crippen LogP) is 3.90. The molecule has 7 nitrogen and oxygen atoms in total. The molecule has 7 heteroatoms. The average Bonchev–Trinajstić information content (AvgIpc) is 2.58. The maximum atomic E-state index is 11.8. The summed E-state index contributed by atoms with van der Waals surface area (Å²) in [6, 6.07) is 8.52. The first-order chi connectivity index (χ1) is 12.7. The number of rotatable bonds is 8. The van der Waals surface area contributed by atoms with Crippen LogP contribution in [0.15, 0.2) is 30.3 Å². The third kappa shape index (κ3) is 13.3. The van der Waals surface area contributed by atoms with Crippen LogP contribution in [0.4, 0.5) is 4.79 Å². The molecule has 0 fully saturated rings. The van der Waals surface area contributed by atoms with Crippen molar-refractivity contribution in [1.29, 1.82) is 0 Å². The Morgan fingerprint density at radius 2 is 1.70 bits per heavy atom. The summed E-state index contributed by atoms with van der Waals surface area (Å²) < 4.78 is 10.2. The van der Waals surface area contributed by atoms with Gasteiger partial charge in [-0.25, -0.2) is 4.79 Å². The number of alkyl carbamates (subject to hydrolysis) is 1. The maximum absolute atomic E-state index is 11.8. The number of esters is 1. The van der Waals surface area contributed by atoms with E-state index in [1.807, 2.05) is 44.2 Å². The lowest BCUT2D eigenvalue weighted by molar-refractivity contribution is -0.145. The van der Waals surface area contributed by atoms with Gasteiger partial charge in [0, 0.05) is 12.5 Å². The van der Waals surface area contributed by atoms with E-state index in [9.17, 15) is 14.4 Å². The van der Waals surface area contributed by atoms with Crippen molar-refractivity contribution in [2.75, 3.05) is 0 Å². The van der Waals surface area contributed by atoms with Gasteiger partial charge in [0.2, 0.25) is 0 Å². The fourth-order valence-electron chi connectivity index (χ4n) is 2.01. The quantitative estimate of drug-likeness (QED) is 0.662. The fourth-order valence-corrected chi connectivity index (χ4v) is 2.01. The Morgan fingerprint density at radius 1 is 1.11 bits per heavy atom. The molecule has 1 aromatic rings. The first-order valence-corrected chi connectivity index (χ1v) is 9.06. The Morgan fingerprint density at radius 3 is 2.22 bits per heavy atom. The molecule has 2 N–H and O–H groups in total. The van der Waals surface area contributed by atoms with E-state index in [-0.39, 0.29) is 25.9 Å². The molecule has 1 rings (SSSR count). The van der Waals surface area contributed by atoms with Crippen LogP contribution in [0.1, 0.15) is 59.4 Å². The highest BCUT2D eigenvalue weighted by atomic mass is 16.6. The van der Waals surface area contributed by atoms with Crippen LogP contribution in [0.3, 0.4) is 0 Å². The Kier molecular flexibility index (Phi) is 11.5. The summed E-state index contributed by atoms with van der Waals surface area (Å²) in [4.78, 5) is 34.5. The maximum Gasteiger partial charge on any atom is 0.407 e. The van der Waals surface area contributed by atoms with Crippen molar-refractivity contribution in [1.82, 2.24) is 5.32 Å². The first-order valence-electron chi connectivity index (χ1n) is 9.06. The van der Waals surface area contributed by atoms with Gasteiger partial charge in [0.1, 0.15) is 12.2 Å². The summed E-state index contributed by atoms with van der Waals surface area (Å²) in [5.41, 5.74) is 0.178. The molecule has 0 aliphatic carbocycles. The van der Waals surface area contributed by atoms with Crippen molar-refractivity contribution in [3.63, 3.8) is 0 Å². The summed E-state index contributed by atoms with van der Waals surface area (Å²) in [5, 5.41) is 11.4. The number of carbonyl (C=O) groups is 3. The number of benzene rings is 1. The third-order valence-corrected chi connectivity index (χ3v) is 3.08. The van der Waals surface area contributed by atoms with Gasteiger partial charge in [-0.1, -0.05) is 44.2 Å². The van der Waals surface area contributed by atoms with Crippen LogP contribution in [-0.4, -0.2) is 34.8 Å². The second kappa shape index (κ2) is 12.7. The molecule has 1 amide bonds. The van der Waals surface area contributed by atoms with Gasteiger partial charge in [0.25, 0.3) is 0 Å². The molecule has 0 heterocycles. The third-order valence-electron chi connectivity index (χ3n) is 3.08. The molecule has 152 valence electrons. The molecule has 1 atom stereocenters. The molecule has 1 aromatic carbocycles. The van der Waals surface area contributed by atoms with E-state index in [0.29, 0.717) is 0 Å². The molecule has 27 heavy (non-hydrogen) atoms. The highest BCUT2D eigenvalue weighted by molar-refractivity contribution is 5.72. The van der Waals surface area contributed by atoms with Crippen LogP contribution in [0.2, 0.25) is 0 Å². The monoisotopic (exact) mass is 381 g/mol. The largest absolute Gasteiger partial charge is 0.481 e. The van der Waals surface area contributed by atoms with Gasteiger partial charge < -0.3 is 19.9 Å². The highest BCUT2D eigenvalue weighted by Gasteiger charge is 2.22. The van der Waals surface area contributed by atoms with Gasteiger partial charge in [0.15, 0.2) is 0 Å². The molecule has 0 saturated heterocycles. The molecule has 0 saturated carbocycles. The van der Waals surface area contributed by atoms with E-state index < -0.39 is 29.7 Å². The first kappa shape index (κ1) is 24.4. The number of carboxylic acids is 1. The molecule has 0 spiro atoms. The Labute approximate surface area is 161 Å². The van der Waals surface area contributed by atoms with Crippen molar-refractivity contribution < 1.29 is 29.0 Å². The zero-order valence-electron chi connectivity index (χ0n) is 16.8. The van der Waals surface area contributed by atoms with Gasteiger partial charge in [-0.05, 0) is 32.8 Å². The second-order valence-corrected chi connectivity index (χ2v) is 6.63. The number of hydrogen-bond donors (Lipinski definition) is 2. The van der Waals surface area contributed by atoms with Crippen molar-refractivity contribution in [3.8, 4) is 0 Å². The number of hydrogen-bond acceptors (Lipinski definition) is 5. The molecule has 0 aliphatic heterocycles. The number of amides is 1. The zero-order valence-corrected chi connectivity index (χ0v) is 16.8. The SMILES string of the molecule is CC.CC(C)(C)OC(=O)NC(CCC(=O)OCc1ccccc1)CC(=O)O.